The lowest BCUT2D eigenvalue weighted by Crippen LogP contribution is -2.30. The van der Waals surface area contributed by atoms with Gasteiger partial charge < -0.3 is 10.1 Å². The van der Waals surface area contributed by atoms with E-state index in [0.29, 0.717) is 0 Å². The highest BCUT2D eigenvalue weighted by molar-refractivity contribution is 5.67. The van der Waals surface area contributed by atoms with Gasteiger partial charge in [-0.2, -0.15) is 13.2 Å². The molecule has 1 atom stereocenters. The number of aromatic nitrogens is 1. The highest BCUT2D eigenvalue weighted by Gasteiger charge is 2.29. The van der Waals surface area contributed by atoms with E-state index in [-0.39, 0.29) is 0 Å². The summed E-state index contributed by atoms with van der Waals surface area (Å²) in [6, 6.07) is 2.85. The second kappa shape index (κ2) is 5.51. The van der Waals surface area contributed by atoms with Crippen LogP contribution < -0.4 is 5.32 Å². The maximum absolute atomic E-state index is 11.8. The van der Waals surface area contributed by atoms with Crippen LogP contribution in [0.4, 0.5) is 18.0 Å². The maximum atomic E-state index is 11.8. The van der Waals surface area contributed by atoms with Gasteiger partial charge in [-0.3, -0.25) is 4.98 Å². The standard InChI is InChI=1S/C10H11F3N2O2/c1-7(8-2-4-14-5-3-8)15-9(16)17-6-10(11,12)13/h2-5,7H,6H2,1H3,(H,15,16)/t7-/m1/s1. The average molecular weight is 248 g/mol. The first kappa shape index (κ1) is 13.3. The second-order valence-electron chi connectivity index (χ2n) is 3.34. The predicted molar refractivity (Wildman–Crippen MR) is 53.2 cm³/mol. The summed E-state index contributed by atoms with van der Waals surface area (Å²) in [5, 5.41) is 2.28. The van der Waals surface area contributed by atoms with E-state index in [1.165, 1.54) is 12.4 Å². The molecule has 1 aromatic rings. The van der Waals surface area contributed by atoms with Gasteiger partial charge >= 0.3 is 12.3 Å². The topological polar surface area (TPSA) is 51.2 Å². The van der Waals surface area contributed by atoms with Crippen LogP contribution in [0, 0.1) is 0 Å². The molecule has 1 rings (SSSR count). The fraction of sp³-hybridized carbons (Fsp3) is 0.400. The summed E-state index contributed by atoms with van der Waals surface area (Å²) in [5.74, 6) is 0. The predicted octanol–water partition coefficient (Wildman–Crippen LogP) is 2.43. The molecule has 17 heavy (non-hydrogen) atoms. The minimum Gasteiger partial charge on any atom is -0.440 e. The molecule has 1 amide bonds. The molecule has 0 aromatic carbocycles. The molecule has 0 bridgehead atoms. The van der Waals surface area contributed by atoms with Gasteiger partial charge in [0.2, 0.25) is 0 Å². The van der Waals surface area contributed by atoms with Crippen LogP contribution in [0.2, 0.25) is 0 Å². The summed E-state index contributed by atoms with van der Waals surface area (Å²) in [7, 11) is 0. The van der Waals surface area contributed by atoms with Crippen LogP contribution in [-0.4, -0.2) is 23.9 Å². The van der Waals surface area contributed by atoms with E-state index in [0.717, 1.165) is 5.56 Å². The Balaban J connectivity index is 2.42. The van der Waals surface area contributed by atoms with Gasteiger partial charge in [0.15, 0.2) is 6.61 Å². The number of alkyl halides is 3. The Hall–Kier alpha value is -1.79. The second-order valence-corrected chi connectivity index (χ2v) is 3.34. The minimum absolute atomic E-state index is 0.446. The van der Waals surface area contributed by atoms with E-state index in [1.807, 2.05) is 0 Å². The van der Waals surface area contributed by atoms with Crippen LogP contribution in [-0.2, 0) is 4.74 Å². The summed E-state index contributed by atoms with van der Waals surface area (Å²) in [5.41, 5.74) is 0.726. The van der Waals surface area contributed by atoms with E-state index in [9.17, 15) is 18.0 Å². The molecule has 1 N–H and O–H groups in total. The number of hydrogen-bond donors (Lipinski definition) is 1. The van der Waals surface area contributed by atoms with E-state index < -0.39 is 24.9 Å². The van der Waals surface area contributed by atoms with Crippen molar-refractivity contribution in [2.75, 3.05) is 6.61 Å². The van der Waals surface area contributed by atoms with Crippen molar-refractivity contribution in [1.82, 2.24) is 10.3 Å². The number of rotatable bonds is 3. The molecule has 0 aliphatic rings. The Morgan fingerprint density at radius 3 is 2.59 bits per heavy atom. The summed E-state index contributed by atoms with van der Waals surface area (Å²) < 4.78 is 39.3. The SMILES string of the molecule is C[C@@H](NC(=O)OCC(F)(F)F)c1ccncc1. The van der Waals surface area contributed by atoms with Gasteiger partial charge in [-0.05, 0) is 24.6 Å². The van der Waals surface area contributed by atoms with Crippen LogP contribution >= 0.6 is 0 Å². The van der Waals surface area contributed by atoms with Gasteiger partial charge in [-0.25, -0.2) is 4.79 Å². The molecule has 0 unspecified atom stereocenters. The van der Waals surface area contributed by atoms with Crippen LogP contribution in [0.1, 0.15) is 18.5 Å². The number of amides is 1. The maximum Gasteiger partial charge on any atom is 0.422 e. The number of hydrogen-bond acceptors (Lipinski definition) is 3. The number of carbonyl (C=O) groups is 1. The number of alkyl carbamates (subject to hydrolysis) is 1. The number of carbonyl (C=O) groups excluding carboxylic acids is 1. The number of ether oxygens (including phenoxy) is 1. The number of pyridine rings is 1. The van der Waals surface area contributed by atoms with E-state index >= 15 is 0 Å². The fourth-order valence-electron chi connectivity index (χ4n) is 1.10. The number of nitrogens with zero attached hydrogens (tertiary/aromatic N) is 1. The molecule has 94 valence electrons. The van der Waals surface area contributed by atoms with Crippen LogP contribution in [0.3, 0.4) is 0 Å². The largest absolute Gasteiger partial charge is 0.440 e. The van der Waals surface area contributed by atoms with E-state index in [2.05, 4.69) is 15.0 Å². The first-order valence-corrected chi connectivity index (χ1v) is 4.78. The van der Waals surface area contributed by atoms with Crippen molar-refractivity contribution in [2.45, 2.75) is 19.1 Å². The number of nitrogens with one attached hydrogen (secondary N) is 1. The summed E-state index contributed by atoms with van der Waals surface area (Å²) >= 11 is 0. The van der Waals surface area contributed by atoms with Gasteiger partial charge in [0.25, 0.3) is 0 Å². The average Bonchev–Trinajstić information content (AvgIpc) is 2.27. The molecule has 0 spiro atoms. The molecule has 1 heterocycles. The van der Waals surface area contributed by atoms with Crippen LogP contribution in [0.25, 0.3) is 0 Å². The minimum atomic E-state index is -4.52. The zero-order valence-corrected chi connectivity index (χ0v) is 8.99. The van der Waals surface area contributed by atoms with Crippen molar-refractivity contribution in [3.63, 3.8) is 0 Å². The zero-order chi connectivity index (χ0) is 12.9. The first-order valence-electron chi connectivity index (χ1n) is 4.78. The molecule has 0 saturated heterocycles. The van der Waals surface area contributed by atoms with Crippen molar-refractivity contribution in [1.29, 1.82) is 0 Å². The lowest BCUT2D eigenvalue weighted by molar-refractivity contribution is -0.160. The van der Waals surface area contributed by atoms with Gasteiger partial charge in [-0.15, -0.1) is 0 Å². The first-order chi connectivity index (χ1) is 7.88. The van der Waals surface area contributed by atoms with Gasteiger partial charge in [0, 0.05) is 12.4 Å². The molecule has 0 radical (unpaired) electrons. The van der Waals surface area contributed by atoms with Gasteiger partial charge in [0.1, 0.15) is 0 Å². The fourth-order valence-corrected chi connectivity index (χ4v) is 1.10. The summed E-state index contributed by atoms with van der Waals surface area (Å²) in [6.45, 7) is 0.0338. The normalized spacial score (nSPS) is 12.9. The van der Waals surface area contributed by atoms with Crippen molar-refractivity contribution in [3.05, 3.63) is 30.1 Å². The monoisotopic (exact) mass is 248 g/mol. The molecule has 0 aliphatic heterocycles. The van der Waals surface area contributed by atoms with Crippen molar-refractivity contribution < 1.29 is 22.7 Å². The van der Waals surface area contributed by atoms with Crippen LogP contribution in [0.5, 0.6) is 0 Å². The van der Waals surface area contributed by atoms with Crippen molar-refractivity contribution in [2.24, 2.45) is 0 Å². The molecule has 0 aliphatic carbocycles. The van der Waals surface area contributed by atoms with Crippen LogP contribution in [0.15, 0.2) is 24.5 Å². The van der Waals surface area contributed by atoms with Crippen molar-refractivity contribution in [3.8, 4) is 0 Å². The molecule has 0 saturated carbocycles. The molecule has 0 fully saturated rings. The van der Waals surface area contributed by atoms with E-state index in [1.54, 1.807) is 19.1 Å². The Morgan fingerprint density at radius 2 is 2.06 bits per heavy atom. The molecule has 4 nitrogen and oxygen atoms in total. The Labute approximate surface area is 95.8 Å². The lowest BCUT2D eigenvalue weighted by atomic mass is 10.1. The Kier molecular flexibility index (Phi) is 4.30. The van der Waals surface area contributed by atoms with Gasteiger partial charge in [-0.1, -0.05) is 0 Å². The smallest absolute Gasteiger partial charge is 0.422 e. The third kappa shape index (κ3) is 5.19. The molecular weight excluding hydrogens is 237 g/mol. The summed E-state index contributed by atoms with van der Waals surface area (Å²) in [6.07, 6.45) is -2.58. The Morgan fingerprint density at radius 1 is 1.47 bits per heavy atom. The molecule has 7 heteroatoms. The van der Waals surface area contributed by atoms with Crippen molar-refractivity contribution >= 4 is 6.09 Å². The third-order valence-corrected chi connectivity index (χ3v) is 1.91. The Bertz CT molecular complexity index is 368. The highest BCUT2D eigenvalue weighted by atomic mass is 19.4. The third-order valence-electron chi connectivity index (χ3n) is 1.91. The van der Waals surface area contributed by atoms with Gasteiger partial charge in [0.05, 0.1) is 6.04 Å². The molecular formula is C10H11F3N2O2. The van der Waals surface area contributed by atoms with E-state index in [4.69, 9.17) is 0 Å². The lowest BCUT2D eigenvalue weighted by Gasteiger charge is -2.14. The highest BCUT2D eigenvalue weighted by Crippen LogP contribution is 2.15. The molecule has 1 aromatic heterocycles. The quantitative estimate of drug-likeness (QED) is 0.893. The zero-order valence-electron chi connectivity index (χ0n) is 8.99. The number of halogens is 3. The summed E-state index contributed by atoms with van der Waals surface area (Å²) in [4.78, 5) is 14.8.